The number of aromatic nitrogens is 3. The molecule has 1 aliphatic heterocycles. The summed E-state index contributed by atoms with van der Waals surface area (Å²) in [5.41, 5.74) is 8.38. The molecule has 1 fully saturated rings. The number of ether oxygens (including phenoxy) is 3. The molecule has 8 nitrogen and oxygen atoms in total. The molecule has 11 heteroatoms. The third-order valence-electron chi connectivity index (χ3n) is 5.45. The third-order valence-corrected chi connectivity index (χ3v) is 5.45. The average molecular weight is 472 g/mol. The van der Waals surface area contributed by atoms with E-state index in [9.17, 15) is 18.0 Å². The molecule has 0 saturated carbocycles. The van der Waals surface area contributed by atoms with Gasteiger partial charge in [-0.3, -0.25) is 4.57 Å². The van der Waals surface area contributed by atoms with E-state index in [0.717, 1.165) is 25.0 Å². The van der Waals surface area contributed by atoms with Crippen LogP contribution in [0.25, 0.3) is 27.9 Å². The van der Waals surface area contributed by atoms with Crippen molar-refractivity contribution in [1.82, 2.24) is 14.5 Å². The van der Waals surface area contributed by atoms with E-state index in [1.807, 2.05) is 0 Å². The van der Waals surface area contributed by atoms with Crippen LogP contribution in [0, 0.1) is 0 Å². The van der Waals surface area contributed by atoms with Gasteiger partial charge in [-0.05, 0) is 49.2 Å². The summed E-state index contributed by atoms with van der Waals surface area (Å²) < 4.78 is 54.0. The molecule has 5 rings (SSSR count). The minimum atomic E-state index is -4.81. The Morgan fingerprint density at radius 3 is 2.47 bits per heavy atom. The fraction of sp³-hybridized carbons (Fsp3) is 0.261. The Morgan fingerprint density at radius 2 is 1.82 bits per heavy atom. The lowest BCUT2D eigenvalue weighted by molar-refractivity contribution is -0.274. The van der Waals surface area contributed by atoms with Gasteiger partial charge in [0.1, 0.15) is 29.3 Å². The van der Waals surface area contributed by atoms with E-state index in [1.54, 1.807) is 24.3 Å². The van der Waals surface area contributed by atoms with Gasteiger partial charge in [0.15, 0.2) is 5.65 Å². The number of esters is 1. The van der Waals surface area contributed by atoms with E-state index in [1.165, 1.54) is 16.7 Å². The van der Waals surface area contributed by atoms with Crippen molar-refractivity contribution in [1.29, 1.82) is 0 Å². The summed E-state index contributed by atoms with van der Waals surface area (Å²) in [5.74, 6) is -1.07. The lowest BCUT2D eigenvalue weighted by Crippen LogP contribution is -2.18. The number of alkyl halides is 3. The number of para-hydroxylation sites is 2. The van der Waals surface area contributed by atoms with E-state index < -0.39 is 12.3 Å². The molecule has 1 aliphatic rings. The van der Waals surface area contributed by atoms with Crippen LogP contribution in [0.2, 0.25) is 0 Å². The number of anilines is 1. The molecule has 3 heterocycles. The molecule has 2 aromatic heterocycles. The molecule has 1 atom stereocenters. The molecular weight excluding hydrogens is 453 g/mol. The van der Waals surface area contributed by atoms with Gasteiger partial charge in [0.25, 0.3) is 0 Å². The first-order valence-electron chi connectivity index (χ1n) is 10.5. The minimum Gasteiger partial charge on any atom is -0.459 e. The van der Waals surface area contributed by atoms with Crippen molar-refractivity contribution in [2.45, 2.75) is 25.3 Å². The largest absolute Gasteiger partial charge is 0.573 e. The van der Waals surface area contributed by atoms with Crippen molar-refractivity contribution in [3.8, 4) is 11.4 Å². The van der Waals surface area contributed by atoms with Crippen molar-refractivity contribution in [2.24, 2.45) is 0 Å². The van der Waals surface area contributed by atoms with Crippen LogP contribution in [0.5, 0.6) is 5.75 Å². The maximum Gasteiger partial charge on any atom is 0.573 e. The van der Waals surface area contributed by atoms with Crippen LogP contribution in [0.15, 0.2) is 48.5 Å². The van der Waals surface area contributed by atoms with Crippen molar-refractivity contribution in [3.05, 3.63) is 54.1 Å². The Morgan fingerprint density at radius 1 is 1.12 bits per heavy atom. The second-order valence-electron chi connectivity index (χ2n) is 7.76. The van der Waals surface area contributed by atoms with E-state index in [2.05, 4.69) is 14.7 Å². The maximum atomic E-state index is 13.0. The normalized spacial score (nSPS) is 16.3. The predicted molar refractivity (Wildman–Crippen MR) is 117 cm³/mol. The van der Waals surface area contributed by atoms with E-state index in [0.29, 0.717) is 23.3 Å². The molecule has 2 aromatic carbocycles. The highest BCUT2D eigenvalue weighted by Crippen LogP contribution is 2.33. The standard InChI is InChI=1S/C23H19F3N4O4/c24-23(25,26)34-14-9-7-13(8-10-14)30-20(27)18(22(31)33-12-15-4-3-11-32-15)19-21(30)29-17-6-2-1-5-16(17)28-19/h1-2,5-10,15H,3-4,11-12,27H2/t15-/m0/s1. The van der Waals surface area contributed by atoms with Crippen LogP contribution in [0.3, 0.4) is 0 Å². The molecule has 0 amide bonds. The smallest absolute Gasteiger partial charge is 0.459 e. The monoisotopic (exact) mass is 472 g/mol. The number of nitrogens with two attached hydrogens (primary N) is 1. The number of carbonyl (C=O) groups excluding carboxylic acids is 1. The number of benzene rings is 2. The summed E-state index contributed by atoms with van der Waals surface area (Å²) in [7, 11) is 0. The number of fused-ring (bicyclic) bond motifs is 2. The van der Waals surface area contributed by atoms with Crippen molar-refractivity contribution >= 4 is 34.0 Å². The molecule has 0 unspecified atom stereocenters. The molecule has 34 heavy (non-hydrogen) atoms. The Bertz CT molecular complexity index is 1360. The van der Waals surface area contributed by atoms with Gasteiger partial charge in [0.05, 0.1) is 17.1 Å². The Labute approximate surface area is 191 Å². The minimum absolute atomic E-state index is 0.00661. The quantitative estimate of drug-likeness (QED) is 0.430. The van der Waals surface area contributed by atoms with E-state index in [-0.39, 0.29) is 41.0 Å². The van der Waals surface area contributed by atoms with Gasteiger partial charge in [0, 0.05) is 12.3 Å². The van der Waals surface area contributed by atoms with Gasteiger partial charge in [0.2, 0.25) is 0 Å². The topological polar surface area (TPSA) is 101 Å². The highest BCUT2D eigenvalue weighted by Gasteiger charge is 2.31. The zero-order valence-electron chi connectivity index (χ0n) is 17.7. The van der Waals surface area contributed by atoms with E-state index in [4.69, 9.17) is 15.2 Å². The molecule has 4 aromatic rings. The van der Waals surface area contributed by atoms with Crippen LogP contribution >= 0.6 is 0 Å². The second kappa shape index (κ2) is 8.49. The predicted octanol–water partition coefficient (Wildman–Crippen LogP) is 4.39. The lowest BCUT2D eigenvalue weighted by Gasteiger charge is -2.12. The summed E-state index contributed by atoms with van der Waals surface area (Å²) in [6.07, 6.45) is -3.30. The second-order valence-corrected chi connectivity index (χ2v) is 7.76. The van der Waals surface area contributed by atoms with Gasteiger partial charge in [-0.15, -0.1) is 13.2 Å². The molecule has 2 N–H and O–H groups in total. The Kier molecular flexibility index (Phi) is 5.48. The Hall–Kier alpha value is -3.86. The summed E-state index contributed by atoms with van der Waals surface area (Å²) in [6.45, 7) is 0.699. The lowest BCUT2D eigenvalue weighted by atomic mass is 10.2. The number of rotatable bonds is 5. The molecule has 176 valence electrons. The molecule has 1 saturated heterocycles. The number of nitrogens with zero attached hydrogens (tertiary/aromatic N) is 3. The maximum absolute atomic E-state index is 13.0. The van der Waals surface area contributed by atoms with Gasteiger partial charge >= 0.3 is 12.3 Å². The summed E-state index contributed by atoms with van der Waals surface area (Å²) in [6, 6.07) is 12.2. The first kappa shape index (κ1) is 22.0. The average Bonchev–Trinajstić information content (AvgIpc) is 3.41. The van der Waals surface area contributed by atoms with Crippen LogP contribution < -0.4 is 10.5 Å². The van der Waals surface area contributed by atoms with Crippen LogP contribution in [0.1, 0.15) is 23.2 Å². The van der Waals surface area contributed by atoms with Crippen molar-refractivity contribution < 1.29 is 32.2 Å². The number of nitrogen functional groups attached to an aromatic ring is 1. The zero-order chi connectivity index (χ0) is 23.9. The summed E-state index contributed by atoms with van der Waals surface area (Å²) >= 11 is 0. The molecular formula is C23H19F3N4O4. The Balaban J connectivity index is 1.60. The number of hydrogen-bond donors (Lipinski definition) is 1. The summed E-state index contributed by atoms with van der Waals surface area (Å²) in [5, 5.41) is 0. The van der Waals surface area contributed by atoms with Crippen LogP contribution in [-0.4, -0.2) is 46.2 Å². The number of halogens is 3. The third kappa shape index (κ3) is 4.21. The van der Waals surface area contributed by atoms with Gasteiger partial charge in [-0.2, -0.15) is 0 Å². The first-order valence-corrected chi connectivity index (χ1v) is 10.5. The fourth-order valence-electron chi connectivity index (χ4n) is 3.94. The van der Waals surface area contributed by atoms with Crippen LogP contribution in [-0.2, 0) is 9.47 Å². The molecule has 0 spiro atoms. The fourth-order valence-corrected chi connectivity index (χ4v) is 3.94. The van der Waals surface area contributed by atoms with Crippen molar-refractivity contribution in [3.63, 3.8) is 0 Å². The molecule has 0 aliphatic carbocycles. The van der Waals surface area contributed by atoms with Gasteiger partial charge in [-0.1, -0.05) is 12.1 Å². The van der Waals surface area contributed by atoms with Gasteiger partial charge in [-0.25, -0.2) is 14.8 Å². The highest BCUT2D eigenvalue weighted by molar-refractivity contribution is 6.09. The van der Waals surface area contributed by atoms with Crippen molar-refractivity contribution in [2.75, 3.05) is 18.9 Å². The molecule has 0 bridgehead atoms. The van der Waals surface area contributed by atoms with E-state index >= 15 is 0 Å². The zero-order valence-corrected chi connectivity index (χ0v) is 17.7. The SMILES string of the molecule is Nc1c(C(=O)OC[C@@H]2CCCO2)c2nc3ccccc3nc2n1-c1ccc(OC(F)(F)F)cc1. The number of carbonyl (C=O) groups is 1. The van der Waals surface area contributed by atoms with Gasteiger partial charge < -0.3 is 19.9 Å². The first-order chi connectivity index (χ1) is 16.3. The highest BCUT2D eigenvalue weighted by atomic mass is 19.4. The molecule has 0 radical (unpaired) electrons. The number of hydrogen-bond acceptors (Lipinski definition) is 7. The van der Waals surface area contributed by atoms with Crippen LogP contribution in [0.4, 0.5) is 19.0 Å². The summed E-state index contributed by atoms with van der Waals surface area (Å²) in [4.78, 5) is 22.2.